The van der Waals surface area contributed by atoms with Gasteiger partial charge in [0.1, 0.15) is 5.75 Å². The zero-order chi connectivity index (χ0) is 16.6. The van der Waals surface area contributed by atoms with Crippen LogP contribution in [0.2, 0.25) is 0 Å². The Balaban J connectivity index is 2.06. The molecule has 0 amide bonds. The quantitative estimate of drug-likeness (QED) is 0.562. The van der Waals surface area contributed by atoms with E-state index in [1.807, 2.05) is 0 Å². The molecule has 0 radical (unpaired) electrons. The molecule has 7 heteroatoms. The van der Waals surface area contributed by atoms with Crippen molar-refractivity contribution in [2.75, 3.05) is 12.8 Å². The predicted octanol–water partition coefficient (Wildman–Crippen LogP) is 1.85. The number of carboxylic acids is 1. The van der Waals surface area contributed by atoms with Crippen molar-refractivity contribution in [1.82, 2.24) is 9.38 Å². The number of pyridine rings is 1. The Morgan fingerprint density at radius 3 is 2.70 bits per heavy atom. The van der Waals surface area contributed by atoms with Gasteiger partial charge < -0.3 is 15.6 Å². The Morgan fingerprint density at radius 2 is 2.00 bits per heavy atom. The number of ketones is 1. The number of rotatable bonds is 4. The van der Waals surface area contributed by atoms with E-state index in [0.29, 0.717) is 22.5 Å². The average Bonchev–Trinajstić information content (AvgIpc) is 2.97. The summed E-state index contributed by atoms with van der Waals surface area (Å²) >= 11 is 0. The van der Waals surface area contributed by atoms with Gasteiger partial charge >= 0.3 is 5.97 Å². The number of aromatic nitrogens is 2. The summed E-state index contributed by atoms with van der Waals surface area (Å²) < 4.78 is 6.65. The summed E-state index contributed by atoms with van der Waals surface area (Å²) in [5.41, 5.74) is 7.21. The van der Waals surface area contributed by atoms with E-state index in [0.717, 1.165) is 0 Å². The second-order valence-electron chi connectivity index (χ2n) is 4.88. The number of nitrogens with zero attached hydrogens (tertiary/aromatic N) is 2. The molecule has 3 aromatic rings. The van der Waals surface area contributed by atoms with Crippen molar-refractivity contribution in [2.24, 2.45) is 0 Å². The van der Waals surface area contributed by atoms with Gasteiger partial charge in [0.2, 0.25) is 5.78 Å². The average molecular weight is 311 g/mol. The molecule has 0 aliphatic heterocycles. The van der Waals surface area contributed by atoms with Gasteiger partial charge in [0.15, 0.2) is 5.82 Å². The molecule has 3 N–H and O–H groups in total. The van der Waals surface area contributed by atoms with E-state index in [-0.39, 0.29) is 17.2 Å². The topological polar surface area (TPSA) is 107 Å². The van der Waals surface area contributed by atoms with Crippen LogP contribution in [0.15, 0.2) is 42.7 Å². The maximum atomic E-state index is 12.6. The number of fused-ring (bicyclic) bond motifs is 1. The Bertz CT molecular complexity index is 930. The van der Waals surface area contributed by atoms with E-state index in [2.05, 4.69) is 4.98 Å². The van der Waals surface area contributed by atoms with Gasteiger partial charge in [-0.2, -0.15) is 0 Å². The molecule has 0 atom stereocenters. The van der Waals surface area contributed by atoms with E-state index in [4.69, 9.17) is 15.6 Å². The van der Waals surface area contributed by atoms with Crippen molar-refractivity contribution in [3.05, 3.63) is 59.7 Å². The van der Waals surface area contributed by atoms with Crippen molar-refractivity contribution in [2.45, 2.75) is 0 Å². The maximum Gasteiger partial charge on any atom is 0.335 e. The first-order chi connectivity index (χ1) is 11.0. The van der Waals surface area contributed by atoms with Gasteiger partial charge in [0.25, 0.3) is 0 Å². The lowest BCUT2D eigenvalue weighted by Gasteiger charge is -2.07. The predicted molar refractivity (Wildman–Crippen MR) is 83.0 cm³/mol. The van der Waals surface area contributed by atoms with Crippen molar-refractivity contribution in [3.63, 3.8) is 0 Å². The van der Waals surface area contributed by atoms with E-state index in [9.17, 15) is 9.59 Å². The Morgan fingerprint density at radius 1 is 1.22 bits per heavy atom. The number of methoxy groups -OCH3 is 1. The van der Waals surface area contributed by atoms with Crippen LogP contribution in [-0.4, -0.2) is 33.4 Å². The van der Waals surface area contributed by atoms with Gasteiger partial charge in [0, 0.05) is 11.8 Å². The molecule has 0 unspecified atom stereocenters. The molecular weight excluding hydrogens is 298 g/mol. The molecule has 116 valence electrons. The number of aromatic carboxylic acids is 1. The highest BCUT2D eigenvalue weighted by molar-refractivity contribution is 6.07. The van der Waals surface area contributed by atoms with Gasteiger partial charge in [-0.25, -0.2) is 9.78 Å². The molecule has 0 fully saturated rings. The van der Waals surface area contributed by atoms with Crippen molar-refractivity contribution < 1.29 is 19.4 Å². The van der Waals surface area contributed by atoms with Crippen molar-refractivity contribution >= 4 is 23.0 Å². The Kier molecular flexibility index (Phi) is 3.46. The lowest BCUT2D eigenvalue weighted by Crippen LogP contribution is -2.08. The van der Waals surface area contributed by atoms with Gasteiger partial charge in [-0.05, 0) is 30.3 Å². The first-order valence-corrected chi connectivity index (χ1v) is 6.70. The van der Waals surface area contributed by atoms with Crippen molar-refractivity contribution in [1.29, 1.82) is 0 Å². The number of nitrogen functional groups attached to an aromatic ring is 1. The molecule has 7 nitrogen and oxygen atoms in total. The summed E-state index contributed by atoms with van der Waals surface area (Å²) in [6.45, 7) is 0. The number of benzene rings is 1. The zero-order valence-corrected chi connectivity index (χ0v) is 12.2. The number of carboxylic acid groups (broad SMARTS) is 1. The summed E-state index contributed by atoms with van der Waals surface area (Å²) in [6, 6.07) is 7.59. The fourth-order valence-corrected chi connectivity index (χ4v) is 2.28. The van der Waals surface area contributed by atoms with Gasteiger partial charge in [-0.1, -0.05) is 0 Å². The molecule has 0 spiro atoms. The summed E-state index contributed by atoms with van der Waals surface area (Å²) in [6.07, 6.45) is 2.96. The minimum Gasteiger partial charge on any atom is -0.495 e. The molecule has 23 heavy (non-hydrogen) atoms. The number of carbonyl (C=O) groups excluding carboxylic acids is 1. The fraction of sp³-hybridized carbons (Fsp3) is 0.0625. The number of hydrogen-bond donors (Lipinski definition) is 2. The molecule has 1 aromatic carbocycles. The third-order valence-corrected chi connectivity index (χ3v) is 3.48. The van der Waals surface area contributed by atoms with Gasteiger partial charge in [-0.15, -0.1) is 0 Å². The lowest BCUT2D eigenvalue weighted by atomic mass is 10.1. The van der Waals surface area contributed by atoms with Crippen LogP contribution in [0.4, 0.5) is 5.69 Å². The van der Waals surface area contributed by atoms with E-state index in [1.165, 1.54) is 36.0 Å². The number of nitrogens with two attached hydrogens (primary N) is 1. The second-order valence-corrected chi connectivity index (χ2v) is 4.88. The van der Waals surface area contributed by atoms with E-state index in [1.54, 1.807) is 18.2 Å². The van der Waals surface area contributed by atoms with E-state index < -0.39 is 5.97 Å². The number of hydrogen-bond acceptors (Lipinski definition) is 5. The molecule has 2 aromatic heterocycles. The van der Waals surface area contributed by atoms with Gasteiger partial charge in [0.05, 0.1) is 30.1 Å². The van der Waals surface area contributed by atoms with Crippen LogP contribution in [-0.2, 0) is 0 Å². The molecule has 0 saturated carbocycles. The van der Waals surface area contributed by atoms with E-state index >= 15 is 0 Å². The highest BCUT2D eigenvalue weighted by atomic mass is 16.5. The van der Waals surface area contributed by atoms with Crippen LogP contribution in [0.5, 0.6) is 5.75 Å². The van der Waals surface area contributed by atoms with Crippen LogP contribution >= 0.6 is 0 Å². The smallest absolute Gasteiger partial charge is 0.335 e. The Labute approximate surface area is 130 Å². The Hall–Kier alpha value is -3.35. The fourth-order valence-electron chi connectivity index (χ4n) is 2.28. The number of imidazole rings is 1. The van der Waals surface area contributed by atoms with Crippen LogP contribution in [0.25, 0.3) is 5.52 Å². The summed E-state index contributed by atoms with van der Waals surface area (Å²) in [4.78, 5) is 27.7. The second kappa shape index (κ2) is 5.45. The lowest BCUT2D eigenvalue weighted by molar-refractivity contribution is 0.0696. The molecule has 2 heterocycles. The molecule has 0 bridgehead atoms. The van der Waals surface area contributed by atoms with Crippen LogP contribution in [0.1, 0.15) is 26.5 Å². The third-order valence-electron chi connectivity index (χ3n) is 3.48. The number of anilines is 1. The summed E-state index contributed by atoms with van der Waals surface area (Å²) in [5, 5.41) is 9.00. The molecule has 0 aliphatic carbocycles. The highest BCUT2D eigenvalue weighted by Gasteiger charge is 2.17. The first-order valence-electron chi connectivity index (χ1n) is 6.70. The van der Waals surface area contributed by atoms with Gasteiger partial charge in [-0.3, -0.25) is 9.20 Å². The van der Waals surface area contributed by atoms with Crippen LogP contribution in [0.3, 0.4) is 0 Å². The van der Waals surface area contributed by atoms with Crippen LogP contribution in [0, 0.1) is 0 Å². The zero-order valence-electron chi connectivity index (χ0n) is 12.2. The minimum absolute atomic E-state index is 0.130. The largest absolute Gasteiger partial charge is 0.495 e. The highest BCUT2D eigenvalue weighted by Crippen LogP contribution is 2.24. The standard InChI is InChI=1S/C16H13N3O4/c1-23-13-7-9(2-3-12(13)17)14(20)15-18-8-11-6-10(16(21)22)4-5-19(11)15/h2-8H,17H2,1H3,(H,21,22). The number of carbonyl (C=O) groups is 2. The number of ether oxygens (including phenoxy) is 1. The summed E-state index contributed by atoms with van der Waals surface area (Å²) in [7, 11) is 1.47. The normalized spacial score (nSPS) is 10.7. The van der Waals surface area contributed by atoms with Crippen molar-refractivity contribution in [3.8, 4) is 5.75 Å². The maximum absolute atomic E-state index is 12.6. The third kappa shape index (κ3) is 2.48. The molecule has 0 aliphatic rings. The molecular formula is C16H13N3O4. The van der Waals surface area contributed by atoms with Crippen LogP contribution < -0.4 is 10.5 Å². The first kappa shape index (κ1) is 14.6. The molecule has 3 rings (SSSR count). The monoisotopic (exact) mass is 311 g/mol. The SMILES string of the molecule is COc1cc(C(=O)c2ncc3cc(C(=O)O)ccn23)ccc1N. The minimum atomic E-state index is -1.04. The summed E-state index contributed by atoms with van der Waals surface area (Å²) in [5.74, 6) is -0.759. The molecule has 0 saturated heterocycles.